The van der Waals surface area contributed by atoms with Crippen molar-refractivity contribution >= 4 is 23.5 Å². The van der Waals surface area contributed by atoms with Crippen LogP contribution in [-0.4, -0.2) is 22.8 Å². The molecule has 0 saturated heterocycles. The van der Waals surface area contributed by atoms with E-state index in [1.807, 2.05) is 0 Å². The summed E-state index contributed by atoms with van der Waals surface area (Å²) in [6.45, 7) is 0. The number of H-pyrrole nitrogens is 1. The summed E-state index contributed by atoms with van der Waals surface area (Å²) in [5, 5.41) is 0. The Morgan fingerprint density at radius 3 is 2.91 bits per heavy atom. The number of aromatic amines is 1. The van der Waals surface area contributed by atoms with Crippen LogP contribution in [0.4, 0.5) is 5.69 Å². The standard InChI is InChI=1S/C7H4N2O2/c10-6-3-9-5-2-8-1-4(5)7(6)11/h1-3,8H. The van der Waals surface area contributed by atoms with Crippen LogP contribution in [0.15, 0.2) is 17.4 Å². The number of nitrogens with zero attached hydrogens (tertiary/aromatic N) is 1. The molecule has 0 atom stereocenters. The van der Waals surface area contributed by atoms with E-state index in [-0.39, 0.29) is 0 Å². The van der Waals surface area contributed by atoms with Crippen LogP contribution in [0, 0.1) is 0 Å². The Morgan fingerprint density at radius 1 is 1.27 bits per heavy atom. The van der Waals surface area contributed by atoms with Crippen molar-refractivity contribution in [2.24, 2.45) is 4.99 Å². The highest BCUT2D eigenvalue weighted by molar-refractivity contribution is 6.64. The first-order valence-electron chi connectivity index (χ1n) is 3.08. The summed E-state index contributed by atoms with van der Waals surface area (Å²) in [5.74, 6) is -1.05. The molecule has 1 aliphatic heterocycles. The van der Waals surface area contributed by atoms with Crippen molar-refractivity contribution in [2.75, 3.05) is 0 Å². The second kappa shape index (κ2) is 1.88. The molecule has 0 unspecified atom stereocenters. The maximum absolute atomic E-state index is 11.0. The van der Waals surface area contributed by atoms with Crippen molar-refractivity contribution in [3.63, 3.8) is 0 Å². The first-order chi connectivity index (χ1) is 5.29. The summed E-state index contributed by atoms with van der Waals surface area (Å²) in [7, 11) is 0. The molecule has 2 heterocycles. The second-order valence-corrected chi connectivity index (χ2v) is 2.21. The van der Waals surface area contributed by atoms with Crippen LogP contribution >= 0.6 is 0 Å². The maximum Gasteiger partial charge on any atom is 0.244 e. The van der Waals surface area contributed by atoms with Gasteiger partial charge in [0.1, 0.15) is 0 Å². The van der Waals surface area contributed by atoms with Gasteiger partial charge in [0.2, 0.25) is 11.6 Å². The van der Waals surface area contributed by atoms with Crippen LogP contribution in [0.2, 0.25) is 0 Å². The lowest BCUT2D eigenvalue weighted by molar-refractivity contribution is -0.109. The molecule has 0 fully saturated rings. The molecule has 4 heteroatoms. The zero-order valence-corrected chi connectivity index (χ0v) is 5.50. The number of fused-ring (bicyclic) bond motifs is 1. The van der Waals surface area contributed by atoms with E-state index in [4.69, 9.17) is 0 Å². The average molecular weight is 148 g/mol. The van der Waals surface area contributed by atoms with Gasteiger partial charge in [0.05, 0.1) is 17.5 Å². The number of Topliss-reactive ketones (excluding diaryl/α,β-unsaturated/α-hetero) is 2. The fourth-order valence-electron chi connectivity index (χ4n) is 0.964. The van der Waals surface area contributed by atoms with Crippen molar-refractivity contribution in [1.82, 2.24) is 4.98 Å². The summed E-state index contributed by atoms with van der Waals surface area (Å²) >= 11 is 0. The molecule has 1 aromatic heterocycles. The van der Waals surface area contributed by atoms with Gasteiger partial charge in [0.15, 0.2) is 0 Å². The molecule has 0 bridgehead atoms. The lowest BCUT2D eigenvalue weighted by Crippen LogP contribution is -2.17. The molecule has 0 amide bonds. The number of carbonyl (C=O) groups excluding carboxylic acids is 2. The Balaban J connectivity index is 2.66. The normalized spacial score (nSPS) is 15.3. The molecule has 2 rings (SSSR count). The zero-order valence-electron chi connectivity index (χ0n) is 5.50. The first-order valence-corrected chi connectivity index (χ1v) is 3.08. The van der Waals surface area contributed by atoms with E-state index < -0.39 is 11.6 Å². The second-order valence-electron chi connectivity index (χ2n) is 2.21. The summed E-state index contributed by atoms with van der Waals surface area (Å²) in [4.78, 5) is 28.2. The zero-order chi connectivity index (χ0) is 7.84. The van der Waals surface area contributed by atoms with Gasteiger partial charge in [0.25, 0.3) is 0 Å². The predicted molar refractivity (Wildman–Crippen MR) is 38.3 cm³/mol. The maximum atomic E-state index is 11.0. The van der Waals surface area contributed by atoms with Crippen LogP contribution in [0.25, 0.3) is 0 Å². The van der Waals surface area contributed by atoms with E-state index >= 15 is 0 Å². The van der Waals surface area contributed by atoms with Gasteiger partial charge in [-0.05, 0) is 0 Å². The van der Waals surface area contributed by atoms with Gasteiger partial charge in [-0.25, -0.2) is 0 Å². The summed E-state index contributed by atoms with van der Waals surface area (Å²) < 4.78 is 0. The molecule has 54 valence electrons. The molecule has 1 aliphatic rings. The first kappa shape index (κ1) is 6.03. The molecule has 0 spiro atoms. The number of rotatable bonds is 0. The molecule has 0 aliphatic carbocycles. The Morgan fingerprint density at radius 2 is 2.09 bits per heavy atom. The van der Waals surface area contributed by atoms with Crippen molar-refractivity contribution in [2.45, 2.75) is 0 Å². The summed E-state index contributed by atoms with van der Waals surface area (Å²) in [6.07, 6.45) is 4.10. The summed E-state index contributed by atoms with van der Waals surface area (Å²) in [5.41, 5.74) is 0.895. The largest absolute Gasteiger partial charge is 0.365 e. The molecule has 4 nitrogen and oxygen atoms in total. The van der Waals surface area contributed by atoms with Crippen molar-refractivity contribution in [1.29, 1.82) is 0 Å². The number of aromatic nitrogens is 1. The van der Waals surface area contributed by atoms with E-state index in [1.54, 1.807) is 6.20 Å². The quantitative estimate of drug-likeness (QED) is 0.544. The molecule has 0 radical (unpaired) electrons. The van der Waals surface area contributed by atoms with Crippen molar-refractivity contribution in [3.8, 4) is 0 Å². The van der Waals surface area contributed by atoms with Crippen LogP contribution in [-0.2, 0) is 4.79 Å². The van der Waals surface area contributed by atoms with Gasteiger partial charge < -0.3 is 4.98 Å². The Kier molecular flexibility index (Phi) is 1.03. The molecular weight excluding hydrogens is 144 g/mol. The molecule has 1 aromatic rings. The predicted octanol–water partition coefficient (Wildman–Crippen LogP) is 0.482. The summed E-state index contributed by atoms with van der Waals surface area (Å²) in [6, 6.07) is 0. The Hall–Kier alpha value is -1.71. The van der Waals surface area contributed by atoms with Gasteiger partial charge in [-0.2, -0.15) is 0 Å². The smallest absolute Gasteiger partial charge is 0.244 e. The van der Waals surface area contributed by atoms with Gasteiger partial charge >= 0.3 is 0 Å². The number of hydrogen-bond acceptors (Lipinski definition) is 3. The molecule has 1 N–H and O–H groups in total. The van der Waals surface area contributed by atoms with Gasteiger partial charge in [-0.3, -0.25) is 14.6 Å². The number of aliphatic imine (C=N–C) groups is 1. The fourth-order valence-corrected chi connectivity index (χ4v) is 0.964. The van der Waals surface area contributed by atoms with E-state index in [0.29, 0.717) is 11.3 Å². The van der Waals surface area contributed by atoms with Crippen LogP contribution in [0.1, 0.15) is 10.4 Å². The Labute approximate surface area is 61.9 Å². The topological polar surface area (TPSA) is 62.3 Å². The number of nitrogens with one attached hydrogen (secondary N) is 1. The third kappa shape index (κ3) is 0.724. The van der Waals surface area contributed by atoms with Crippen LogP contribution in [0.5, 0.6) is 0 Å². The number of carbonyl (C=O) groups is 2. The van der Waals surface area contributed by atoms with Gasteiger partial charge in [0, 0.05) is 12.4 Å². The molecular formula is C7H4N2O2. The number of ketones is 2. The lowest BCUT2D eigenvalue weighted by atomic mass is 10.1. The fraction of sp³-hybridized carbons (Fsp3) is 0. The molecule has 0 aromatic carbocycles. The molecule has 11 heavy (non-hydrogen) atoms. The monoisotopic (exact) mass is 148 g/mol. The number of hydrogen-bond donors (Lipinski definition) is 1. The van der Waals surface area contributed by atoms with Crippen LogP contribution in [0.3, 0.4) is 0 Å². The van der Waals surface area contributed by atoms with E-state index in [9.17, 15) is 9.59 Å². The van der Waals surface area contributed by atoms with E-state index in [1.165, 1.54) is 6.20 Å². The minimum Gasteiger partial charge on any atom is -0.365 e. The highest BCUT2D eigenvalue weighted by atomic mass is 16.2. The minimum atomic E-state index is -0.558. The van der Waals surface area contributed by atoms with E-state index in [0.717, 1.165) is 6.21 Å². The van der Waals surface area contributed by atoms with Crippen molar-refractivity contribution < 1.29 is 9.59 Å². The average Bonchev–Trinajstić information content (AvgIpc) is 2.45. The van der Waals surface area contributed by atoms with Crippen molar-refractivity contribution in [3.05, 3.63) is 18.0 Å². The Bertz CT molecular complexity index is 362. The highest BCUT2D eigenvalue weighted by Gasteiger charge is 2.22. The van der Waals surface area contributed by atoms with Gasteiger partial charge in [-0.1, -0.05) is 0 Å². The van der Waals surface area contributed by atoms with Gasteiger partial charge in [-0.15, -0.1) is 0 Å². The third-order valence-electron chi connectivity index (χ3n) is 1.51. The SMILES string of the molecule is O=C1C=Nc2c[nH]cc2C1=O. The minimum absolute atomic E-state index is 0.359. The van der Waals surface area contributed by atoms with E-state index in [2.05, 4.69) is 9.98 Å². The van der Waals surface area contributed by atoms with Crippen LogP contribution < -0.4 is 0 Å². The molecule has 0 saturated carbocycles. The highest BCUT2D eigenvalue weighted by Crippen LogP contribution is 2.21. The third-order valence-corrected chi connectivity index (χ3v) is 1.51. The lowest BCUT2D eigenvalue weighted by Gasteiger charge is -1.99.